The Balaban J connectivity index is 1.09. The van der Waals surface area contributed by atoms with Crippen molar-refractivity contribution in [2.75, 3.05) is 57.4 Å². The molecule has 11 heteroatoms. The highest BCUT2D eigenvalue weighted by Gasteiger charge is 2.39. The van der Waals surface area contributed by atoms with Crippen LogP contribution in [0.2, 0.25) is 0 Å². The maximum atomic E-state index is 9.70. The third-order valence-electron chi connectivity index (χ3n) is 8.27. The number of hydrogen-bond acceptors (Lipinski definition) is 7. The van der Waals surface area contributed by atoms with Gasteiger partial charge in [0.05, 0.1) is 36.7 Å². The molecule has 3 aliphatic heterocycles. The molecule has 0 aromatic carbocycles. The van der Waals surface area contributed by atoms with Gasteiger partial charge in [0.15, 0.2) is 5.96 Å². The first-order chi connectivity index (χ1) is 19.1. The van der Waals surface area contributed by atoms with Gasteiger partial charge in [-0.3, -0.25) is 10.1 Å². The van der Waals surface area contributed by atoms with Crippen molar-refractivity contribution in [1.29, 1.82) is 10.7 Å². The highest BCUT2D eigenvalue weighted by atomic mass is 16.5. The SMILES string of the molecule is Cn1cc(-c2cc(-c3ccc(N4CCN(C(=N)N5CC6COCC6C5)CC4)nc3)c3c(C#N)cnn3c2)cn1. The number of nitrogens with zero attached hydrogens (tertiary/aromatic N) is 9. The third kappa shape index (κ3) is 4.17. The van der Waals surface area contributed by atoms with Gasteiger partial charge < -0.3 is 19.4 Å². The quantitative estimate of drug-likeness (QED) is 0.322. The van der Waals surface area contributed by atoms with Crippen molar-refractivity contribution in [2.45, 2.75) is 0 Å². The molecule has 0 aliphatic carbocycles. The molecule has 0 amide bonds. The largest absolute Gasteiger partial charge is 0.381 e. The maximum absolute atomic E-state index is 9.70. The van der Waals surface area contributed by atoms with Crippen molar-refractivity contribution in [1.82, 2.24) is 34.2 Å². The summed E-state index contributed by atoms with van der Waals surface area (Å²) in [5.74, 6) is 2.73. The number of guanidine groups is 1. The fourth-order valence-corrected chi connectivity index (χ4v) is 6.09. The van der Waals surface area contributed by atoms with Crippen LogP contribution in [-0.4, -0.2) is 92.6 Å². The Labute approximate surface area is 226 Å². The third-order valence-corrected chi connectivity index (χ3v) is 8.27. The molecule has 0 spiro atoms. The standard InChI is InChI=1S/C28H30N10O/c1-34-13-22(12-32-34)20-8-25(27-21(9-29)11-33-38(27)16-20)19-2-3-26(31-10-19)35-4-6-36(7-5-35)28(30)37-14-23-17-39-18-24(23)15-37/h2-3,8,10-13,16,23-24,30H,4-7,14-15,17-18H2,1H3. The van der Waals surface area contributed by atoms with E-state index in [1.807, 2.05) is 37.9 Å². The van der Waals surface area contributed by atoms with E-state index < -0.39 is 0 Å². The Morgan fingerprint density at radius 1 is 0.949 bits per heavy atom. The van der Waals surface area contributed by atoms with Gasteiger partial charge in [0.2, 0.25) is 0 Å². The monoisotopic (exact) mass is 522 g/mol. The van der Waals surface area contributed by atoms with Crippen molar-refractivity contribution >= 4 is 17.3 Å². The lowest BCUT2D eigenvalue weighted by Gasteiger charge is -2.39. The van der Waals surface area contributed by atoms with Gasteiger partial charge >= 0.3 is 0 Å². The second-order valence-corrected chi connectivity index (χ2v) is 10.7. The fraction of sp³-hybridized carbons (Fsp3) is 0.393. The van der Waals surface area contributed by atoms with Crippen LogP contribution in [0.5, 0.6) is 0 Å². The Bertz CT molecular complexity index is 1560. The molecule has 3 fully saturated rings. The number of pyridine rings is 2. The van der Waals surface area contributed by atoms with E-state index in [1.165, 1.54) is 0 Å². The minimum Gasteiger partial charge on any atom is -0.381 e. The van der Waals surface area contributed by atoms with E-state index in [4.69, 9.17) is 15.1 Å². The van der Waals surface area contributed by atoms with Crippen LogP contribution in [0.1, 0.15) is 5.56 Å². The van der Waals surface area contributed by atoms with Gasteiger partial charge in [0.1, 0.15) is 11.9 Å². The van der Waals surface area contributed by atoms with Gasteiger partial charge in [-0.2, -0.15) is 15.5 Å². The molecule has 198 valence electrons. The van der Waals surface area contributed by atoms with Crippen molar-refractivity contribution in [2.24, 2.45) is 18.9 Å². The van der Waals surface area contributed by atoms with Gasteiger partial charge in [0.25, 0.3) is 0 Å². The lowest BCUT2D eigenvalue weighted by atomic mass is 10.0. The summed E-state index contributed by atoms with van der Waals surface area (Å²) < 4.78 is 9.13. The van der Waals surface area contributed by atoms with E-state index in [0.29, 0.717) is 23.4 Å². The van der Waals surface area contributed by atoms with E-state index in [1.54, 1.807) is 15.4 Å². The molecule has 2 unspecified atom stereocenters. The summed E-state index contributed by atoms with van der Waals surface area (Å²) in [6, 6.07) is 8.47. The van der Waals surface area contributed by atoms with Crippen molar-refractivity contribution in [3.05, 3.63) is 54.7 Å². The molecular formula is C28H30N10O. The summed E-state index contributed by atoms with van der Waals surface area (Å²) in [4.78, 5) is 11.5. The van der Waals surface area contributed by atoms with Crippen molar-refractivity contribution < 1.29 is 4.74 Å². The number of nitrogens with one attached hydrogen (secondary N) is 1. The molecule has 0 saturated carbocycles. The summed E-state index contributed by atoms with van der Waals surface area (Å²) in [6.07, 6.45) is 9.20. The summed E-state index contributed by atoms with van der Waals surface area (Å²) in [7, 11) is 1.89. The molecular weight excluding hydrogens is 492 g/mol. The zero-order chi connectivity index (χ0) is 26.5. The average Bonchev–Trinajstić information content (AvgIpc) is 3.76. The molecule has 3 saturated heterocycles. The number of likely N-dealkylation sites (tertiary alicyclic amines) is 1. The summed E-state index contributed by atoms with van der Waals surface area (Å²) in [6.45, 7) is 6.80. The predicted octanol–water partition coefficient (Wildman–Crippen LogP) is 2.30. The van der Waals surface area contributed by atoms with Crippen LogP contribution in [0.15, 0.2) is 49.2 Å². The number of nitriles is 1. The highest BCUT2D eigenvalue weighted by Crippen LogP contribution is 2.33. The first-order valence-corrected chi connectivity index (χ1v) is 13.4. The van der Waals surface area contributed by atoms with Crippen LogP contribution in [-0.2, 0) is 11.8 Å². The van der Waals surface area contributed by atoms with E-state index in [-0.39, 0.29) is 0 Å². The van der Waals surface area contributed by atoms with Gasteiger partial charge in [-0.1, -0.05) is 0 Å². The minimum atomic E-state index is 0.527. The number of aromatic nitrogens is 5. The first-order valence-electron chi connectivity index (χ1n) is 13.4. The Kier molecular flexibility index (Phi) is 5.70. The average molecular weight is 523 g/mol. The van der Waals surface area contributed by atoms with E-state index in [0.717, 1.165) is 86.1 Å². The lowest BCUT2D eigenvalue weighted by Crippen LogP contribution is -2.53. The van der Waals surface area contributed by atoms with Crippen LogP contribution in [0.3, 0.4) is 0 Å². The number of piperazine rings is 1. The first kappa shape index (κ1) is 23.7. The predicted molar refractivity (Wildman–Crippen MR) is 146 cm³/mol. The number of fused-ring (bicyclic) bond motifs is 2. The summed E-state index contributed by atoms with van der Waals surface area (Å²) >= 11 is 0. The second-order valence-electron chi connectivity index (χ2n) is 10.7. The molecule has 4 aromatic heterocycles. The lowest BCUT2D eigenvalue weighted by molar-refractivity contribution is 0.163. The number of rotatable bonds is 3. The smallest absolute Gasteiger partial charge is 0.193 e. The van der Waals surface area contributed by atoms with Crippen LogP contribution in [0, 0.1) is 28.6 Å². The van der Waals surface area contributed by atoms with Crippen molar-refractivity contribution in [3.63, 3.8) is 0 Å². The fourth-order valence-electron chi connectivity index (χ4n) is 6.09. The number of hydrogen-bond donors (Lipinski definition) is 1. The molecule has 11 nitrogen and oxygen atoms in total. The van der Waals surface area contributed by atoms with Crippen LogP contribution >= 0.6 is 0 Å². The molecule has 0 bridgehead atoms. The number of ether oxygens (including phenoxy) is 1. The summed E-state index contributed by atoms with van der Waals surface area (Å²) in [5.41, 5.74) is 5.08. The number of anilines is 1. The van der Waals surface area contributed by atoms with Crippen molar-refractivity contribution in [3.8, 4) is 28.3 Å². The molecule has 4 aromatic rings. The maximum Gasteiger partial charge on any atom is 0.193 e. The molecule has 7 heterocycles. The molecule has 0 radical (unpaired) electrons. The zero-order valence-electron chi connectivity index (χ0n) is 21.9. The summed E-state index contributed by atoms with van der Waals surface area (Å²) in [5, 5.41) is 27.2. The number of aryl methyl sites for hydroxylation is 1. The molecule has 3 aliphatic rings. The van der Waals surface area contributed by atoms with Crippen LogP contribution in [0.25, 0.3) is 27.8 Å². The molecule has 1 N–H and O–H groups in total. The van der Waals surface area contributed by atoms with E-state index in [9.17, 15) is 5.26 Å². The normalized spacial score (nSPS) is 21.0. The van der Waals surface area contributed by atoms with Gasteiger partial charge in [-0.15, -0.1) is 0 Å². The molecule has 39 heavy (non-hydrogen) atoms. The van der Waals surface area contributed by atoms with E-state index >= 15 is 0 Å². The van der Waals surface area contributed by atoms with Gasteiger partial charge in [-0.05, 0) is 18.2 Å². The molecule has 7 rings (SSSR count). The molecule has 2 atom stereocenters. The Morgan fingerprint density at radius 2 is 1.74 bits per heavy atom. The highest BCUT2D eigenvalue weighted by molar-refractivity contribution is 5.87. The Hall–Kier alpha value is -4.43. The van der Waals surface area contributed by atoms with Gasteiger partial charge in [0, 0.05) is 99.0 Å². The Morgan fingerprint density at radius 3 is 2.41 bits per heavy atom. The van der Waals surface area contributed by atoms with Gasteiger partial charge in [-0.25, -0.2) is 9.50 Å². The minimum absolute atomic E-state index is 0.527. The second kappa shape index (κ2) is 9.39. The topological polar surface area (TPSA) is 115 Å². The van der Waals surface area contributed by atoms with E-state index in [2.05, 4.69) is 43.1 Å². The zero-order valence-corrected chi connectivity index (χ0v) is 21.9. The van der Waals surface area contributed by atoms with Crippen LogP contribution < -0.4 is 4.90 Å². The van der Waals surface area contributed by atoms with Crippen LogP contribution in [0.4, 0.5) is 5.82 Å².